The Labute approximate surface area is 595 Å². The van der Waals surface area contributed by atoms with E-state index in [0.717, 1.165) is 94.9 Å². The van der Waals surface area contributed by atoms with Gasteiger partial charge in [-0.05, 0) is 65.7 Å². The molecule has 0 aliphatic carbocycles. The van der Waals surface area contributed by atoms with Gasteiger partial charge in [-0.15, -0.1) is 45.3 Å². The highest BCUT2D eigenvalue weighted by Gasteiger charge is 2.28. The fraction of sp³-hybridized carbons (Fsp3) is 0. The number of thiophene rings is 4. The van der Waals surface area contributed by atoms with Crippen molar-refractivity contribution in [3.05, 3.63) is 322 Å². The third-order valence-corrected chi connectivity index (χ3v) is 24.2. The largest absolute Gasteiger partial charge is 0.436 e. The lowest BCUT2D eigenvalue weighted by atomic mass is 9.93. The normalized spacial score (nSPS) is 11.8. The Kier molecular flexibility index (Phi) is 14.2. The highest BCUT2D eigenvalue weighted by atomic mass is 32.1. The van der Waals surface area contributed by atoms with E-state index in [9.17, 15) is 0 Å². The van der Waals surface area contributed by atoms with Crippen LogP contribution >= 0.6 is 45.3 Å². The summed E-state index contributed by atoms with van der Waals surface area (Å²) in [6, 6.07) is 113. The summed E-state index contributed by atoms with van der Waals surface area (Å²) in [5.74, 6) is 1.35. The van der Waals surface area contributed by atoms with Gasteiger partial charge in [-0.1, -0.05) is 267 Å². The number of para-hydroxylation sites is 5. The zero-order valence-electron chi connectivity index (χ0n) is 53.9. The van der Waals surface area contributed by atoms with Crippen molar-refractivity contribution in [1.29, 1.82) is 0 Å². The number of benzene rings is 13. The van der Waals surface area contributed by atoms with Crippen molar-refractivity contribution < 1.29 is 4.42 Å². The third kappa shape index (κ3) is 10.0. The molecule has 8 heterocycles. The van der Waals surface area contributed by atoms with Crippen LogP contribution in [-0.2, 0) is 0 Å². The van der Waals surface area contributed by atoms with Crippen molar-refractivity contribution >= 4 is 150 Å². The van der Waals surface area contributed by atoms with Crippen LogP contribution in [0.1, 0.15) is 0 Å². The Hall–Kier alpha value is -12.2. The lowest BCUT2D eigenvalue weighted by molar-refractivity contribution is 0.620. The standard InChI is InChI=1S/C49H29N3S2.C42H24N2OS2/c1-3-14-31(15-4-1)45-43-42(30-26-28-32(29-27-30)44-36-19-7-10-23-39(36)51-49(52-44)33-16-5-2-6-17-33)48(54-47(43)37-20-8-11-24-40(37)50-45)38-22-13-21-35-34-18-9-12-25-41(34)53-46(35)38;1-2-11-26(12-3-1)38-37-36(25-21-23-27(24-22-25)42-44-33-18-7-8-19-34(33)45-42)41(47-40(37)30-14-4-6-17-32(30)43-38)31-16-10-15-29-28-13-5-9-20-35(28)46-39(29)31/h1-29H;1-24H. The summed E-state index contributed by atoms with van der Waals surface area (Å²) in [4.78, 5) is 28.1. The van der Waals surface area contributed by atoms with Crippen LogP contribution in [0.5, 0.6) is 0 Å². The quantitative estimate of drug-likeness (QED) is 0.143. The van der Waals surface area contributed by atoms with Gasteiger partial charge in [0.2, 0.25) is 5.89 Å². The zero-order chi connectivity index (χ0) is 66.5. The molecule has 472 valence electrons. The highest BCUT2D eigenvalue weighted by Crippen LogP contribution is 2.55. The number of oxazole rings is 1. The first-order valence-electron chi connectivity index (χ1n) is 33.6. The minimum Gasteiger partial charge on any atom is -0.436 e. The molecule has 21 rings (SSSR count). The summed E-state index contributed by atoms with van der Waals surface area (Å²) in [5, 5.41) is 10.9. The number of fused-ring (bicyclic) bond motifs is 14. The summed E-state index contributed by atoms with van der Waals surface area (Å²) < 4.78 is 13.9. The van der Waals surface area contributed by atoms with Crippen LogP contribution < -0.4 is 0 Å². The maximum Gasteiger partial charge on any atom is 0.227 e. The van der Waals surface area contributed by atoms with Gasteiger partial charge in [0.15, 0.2) is 11.4 Å². The first-order chi connectivity index (χ1) is 50.1. The van der Waals surface area contributed by atoms with E-state index in [4.69, 9.17) is 29.3 Å². The Balaban J connectivity index is 0.000000137. The summed E-state index contributed by atoms with van der Waals surface area (Å²) in [6.07, 6.45) is 0. The van der Waals surface area contributed by atoms with E-state index in [1.54, 1.807) is 0 Å². The molecule has 13 aromatic carbocycles. The Morgan fingerprint density at radius 2 is 0.614 bits per heavy atom. The number of rotatable bonds is 9. The van der Waals surface area contributed by atoms with Gasteiger partial charge < -0.3 is 4.42 Å². The number of hydrogen-bond donors (Lipinski definition) is 0. The van der Waals surface area contributed by atoms with E-state index in [0.29, 0.717) is 5.89 Å². The molecule has 0 bridgehead atoms. The van der Waals surface area contributed by atoms with Crippen LogP contribution in [0.4, 0.5) is 0 Å². The Morgan fingerprint density at radius 3 is 1.12 bits per heavy atom. The molecule has 101 heavy (non-hydrogen) atoms. The molecule has 0 unspecified atom stereocenters. The van der Waals surface area contributed by atoms with Crippen LogP contribution in [0.15, 0.2) is 326 Å². The smallest absolute Gasteiger partial charge is 0.227 e. The molecule has 10 heteroatoms. The zero-order valence-corrected chi connectivity index (χ0v) is 57.1. The molecule has 0 aliphatic rings. The molecule has 0 fully saturated rings. The molecule has 0 spiro atoms. The number of hydrogen-bond acceptors (Lipinski definition) is 10. The minimum atomic E-state index is 0.626. The monoisotopic (exact) mass is 1360 g/mol. The van der Waals surface area contributed by atoms with Gasteiger partial charge in [0.25, 0.3) is 0 Å². The van der Waals surface area contributed by atoms with Crippen molar-refractivity contribution in [3.8, 4) is 99.7 Å². The highest BCUT2D eigenvalue weighted by molar-refractivity contribution is 7.28. The molecule has 0 saturated carbocycles. The van der Waals surface area contributed by atoms with Crippen LogP contribution in [-0.4, -0.2) is 24.9 Å². The molecule has 0 atom stereocenters. The molecule has 6 nitrogen and oxygen atoms in total. The lowest BCUT2D eigenvalue weighted by Gasteiger charge is -2.13. The molecule has 0 radical (unpaired) electrons. The SMILES string of the molecule is c1ccc(-c2nc(-c3ccc(-c4c(-c5cccc6c5sc5ccccc56)sc5c4c(-c4ccccc4)nc4ccccc45)cc3)c3ccccc3n2)cc1.c1ccc(-c2nc3ccccc3c3sc(-c4cccc5c4sc4ccccc45)c(-c4ccc(-c5nc6ccccc6o5)cc4)c23)cc1. The minimum absolute atomic E-state index is 0.626. The third-order valence-electron chi connectivity index (χ3n) is 19.2. The molecular weight excluding hydrogens is 1310 g/mol. The second-order valence-electron chi connectivity index (χ2n) is 25.2. The fourth-order valence-corrected chi connectivity index (χ4v) is 19.9. The summed E-state index contributed by atoms with van der Waals surface area (Å²) in [5.41, 5.74) is 19.9. The van der Waals surface area contributed by atoms with Crippen molar-refractivity contribution in [1.82, 2.24) is 24.9 Å². The average molecular weight is 1360 g/mol. The molecular formula is C91H53N5OS4. The van der Waals surface area contributed by atoms with Crippen LogP contribution in [0.3, 0.4) is 0 Å². The van der Waals surface area contributed by atoms with Crippen molar-refractivity contribution in [3.63, 3.8) is 0 Å². The summed E-state index contributed by atoms with van der Waals surface area (Å²) in [6.45, 7) is 0. The van der Waals surface area contributed by atoms with Crippen LogP contribution in [0, 0.1) is 0 Å². The van der Waals surface area contributed by atoms with E-state index in [-0.39, 0.29) is 0 Å². The number of pyridine rings is 2. The van der Waals surface area contributed by atoms with Crippen molar-refractivity contribution in [2.24, 2.45) is 0 Å². The second kappa shape index (κ2) is 24.4. The van der Waals surface area contributed by atoms with E-state index in [1.165, 1.54) is 103 Å². The van der Waals surface area contributed by atoms with Crippen LogP contribution in [0.2, 0.25) is 0 Å². The fourth-order valence-electron chi connectivity index (χ4n) is 14.5. The molecule has 0 saturated heterocycles. The average Bonchev–Trinajstić information content (AvgIpc) is 1.58. The molecule has 0 aliphatic heterocycles. The van der Waals surface area contributed by atoms with Gasteiger partial charge in [-0.25, -0.2) is 24.9 Å². The number of nitrogens with zero attached hydrogens (tertiary/aromatic N) is 5. The molecule has 0 N–H and O–H groups in total. The van der Waals surface area contributed by atoms with Gasteiger partial charge in [0.1, 0.15) is 5.52 Å². The van der Waals surface area contributed by atoms with E-state index in [2.05, 4.69) is 273 Å². The van der Waals surface area contributed by atoms with Crippen molar-refractivity contribution in [2.45, 2.75) is 0 Å². The second-order valence-corrected chi connectivity index (χ2v) is 29.3. The van der Waals surface area contributed by atoms with E-state index in [1.807, 2.05) is 93.9 Å². The Bertz CT molecular complexity index is 6780. The van der Waals surface area contributed by atoms with E-state index >= 15 is 0 Å². The number of aromatic nitrogens is 5. The van der Waals surface area contributed by atoms with Gasteiger partial charge in [-0.3, -0.25) is 0 Å². The Morgan fingerprint density at radius 1 is 0.228 bits per heavy atom. The maximum atomic E-state index is 6.13. The first kappa shape index (κ1) is 59.0. The molecule has 0 amide bonds. The summed E-state index contributed by atoms with van der Waals surface area (Å²) >= 11 is 7.51. The predicted octanol–water partition coefficient (Wildman–Crippen LogP) is 26.7. The molecule has 21 aromatic rings. The predicted molar refractivity (Wildman–Crippen MR) is 430 cm³/mol. The van der Waals surface area contributed by atoms with Gasteiger partial charge in [0, 0.05) is 137 Å². The topological polar surface area (TPSA) is 77.6 Å². The van der Waals surface area contributed by atoms with Gasteiger partial charge >= 0.3 is 0 Å². The van der Waals surface area contributed by atoms with Gasteiger partial charge in [-0.2, -0.15) is 0 Å². The van der Waals surface area contributed by atoms with Crippen LogP contribution in [0.25, 0.3) is 204 Å². The summed E-state index contributed by atoms with van der Waals surface area (Å²) in [7, 11) is 0. The lowest BCUT2D eigenvalue weighted by Crippen LogP contribution is -1.95. The van der Waals surface area contributed by atoms with E-state index < -0.39 is 0 Å². The van der Waals surface area contributed by atoms with Crippen molar-refractivity contribution in [2.75, 3.05) is 0 Å². The molecule has 8 aromatic heterocycles. The first-order valence-corrected chi connectivity index (χ1v) is 36.9. The van der Waals surface area contributed by atoms with Gasteiger partial charge in [0.05, 0.1) is 33.6 Å². The maximum absolute atomic E-state index is 6.13.